The Labute approximate surface area is 178 Å². The first-order valence-corrected chi connectivity index (χ1v) is 10.6. The quantitative estimate of drug-likeness (QED) is 0.373. The summed E-state index contributed by atoms with van der Waals surface area (Å²) in [6.45, 7) is 5.75. The fraction of sp³-hybridized carbons (Fsp3) is 0.458. The highest BCUT2D eigenvalue weighted by Crippen LogP contribution is 2.22. The average Bonchev–Trinajstić information content (AvgIpc) is 3.26. The van der Waals surface area contributed by atoms with Crippen molar-refractivity contribution >= 4 is 5.96 Å². The van der Waals surface area contributed by atoms with E-state index in [9.17, 15) is 4.39 Å². The maximum Gasteiger partial charge on any atom is 0.191 e. The third-order valence-electron chi connectivity index (χ3n) is 5.21. The van der Waals surface area contributed by atoms with Gasteiger partial charge in [-0.1, -0.05) is 24.3 Å². The molecular formula is C24H32FN3O2. The number of aryl methyl sites for hydroxylation is 2. The fourth-order valence-corrected chi connectivity index (χ4v) is 3.46. The van der Waals surface area contributed by atoms with Crippen molar-refractivity contribution in [2.45, 2.75) is 32.7 Å². The second-order valence-electron chi connectivity index (χ2n) is 7.74. The number of hydrogen-bond donors (Lipinski definition) is 2. The largest absolute Gasteiger partial charge is 0.493 e. The van der Waals surface area contributed by atoms with Gasteiger partial charge < -0.3 is 20.1 Å². The van der Waals surface area contributed by atoms with Crippen molar-refractivity contribution in [3.63, 3.8) is 0 Å². The molecule has 1 aliphatic heterocycles. The molecule has 1 saturated heterocycles. The van der Waals surface area contributed by atoms with E-state index < -0.39 is 0 Å². The minimum Gasteiger partial charge on any atom is -0.493 e. The van der Waals surface area contributed by atoms with Gasteiger partial charge in [0.2, 0.25) is 0 Å². The van der Waals surface area contributed by atoms with Gasteiger partial charge in [-0.15, -0.1) is 0 Å². The van der Waals surface area contributed by atoms with E-state index in [-0.39, 0.29) is 5.82 Å². The van der Waals surface area contributed by atoms with Crippen LogP contribution >= 0.6 is 0 Å². The van der Waals surface area contributed by atoms with Gasteiger partial charge >= 0.3 is 0 Å². The first-order valence-electron chi connectivity index (χ1n) is 10.6. The zero-order chi connectivity index (χ0) is 21.2. The normalized spacial score (nSPS) is 16.5. The molecule has 0 aliphatic carbocycles. The van der Waals surface area contributed by atoms with Crippen LogP contribution in [0.3, 0.4) is 0 Å². The molecule has 5 nitrogen and oxygen atoms in total. The lowest BCUT2D eigenvalue weighted by atomic mass is 10.1. The summed E-state index contributed by atoms with van der Waals surface area (Å²) >= 11 is 0. The van der Waals surface area contributed by atoms with Crippen molar-refractivity contribution < 1.29 is 13.9 Å². The van der Waals surface area contributed by atoms with Crippen LogP contribution in [0.2, 0.25) is 0 Å². The minimum absolute atomic E-state index is 0.186. The van der Waals surface area contributed by atoms with E-state index in [4.69, 9.17) is 9.47 Å². The zero-order valence-corrected chi connectivity index (χ0v) is 17.9. The highest BCUT2D eigenvalue weighted by molar-refractivity contribution is 5.79. The summed E-state index contributed by atoms with van der Waals surface area (Å²) in [5.74, 6) is 1.94. The molecule has 1 heterocycles. The smallest absolute Gasteiger partial charge is 0.191 e. The maximum absolute atomic E-state index is 13.3. The predicted molar refractivity (Wildman–Crippen MR) is 119 cm³/mol. The number of ether oxygens (including phenoxy) is 2. The Hall–Kier alpha value is -2.60. The van der Waals surface area contributed by atoms with Crippen LogP contribution in [0.25, 0.3) is 0 Å². The summed E-state index contributed by atoms with van der Waals surface area (Å²) in [5, 5.41) is 6.68. The van der Waals surface area contributed by atoms with Gasteiger partial charge in [-0.3, -0.25) is 4.99 Å². The van der Waals surface area contributed by atoms with Crippen LogP contribution in [0.1, 0.15) is 29.5 Å². The molecule has 0 bridgehead atoms. The molecule has 0 spiro atoms. The molecule has 1 unspecified atom stereocenters. The van der Waals surface area contributed by atoms with Crippen molar-refractivity contribution in [2.24, 2.45) is 10.9 Å². The van der Waals surface area contributed by atoms with E-state index in [0.717, 1.165) is 61.9 Å². The number of rotatable bonds is 9. The fourth-order valence-electron chi connectivity index (χ4n) is 3.46. The molecule has 0 amide bonds. The van der Waals surface area contributed by atoms with E-state index in [2.05, 4.69) is 40.7 Å². The molecule has 2 N–H and O–H groups in total. The van der Waals surface area contributed by atoms with Gasteiger partial charge in [-0.05, 0) is 55.5 Å². The van der Waals surface area contributed by atoms with Crippen LogP contribution in [0, 0.1) is 18.7 Å². The van der Waals surface area contributed by atoms with Gasteiger partial charge in [0.15, 0.2) is 5.96 Å². The summed E-state index contributed by atoms with van der Waals surface area (Å²) in [6.07, 6.45) is 2.78. The van der Waals surface area contributed by atoms with E-state index in [0.29, 0.717) is 19.1 Å². The molecule has 6 heteroatoms. The molecule has 1 fully saturated rings. The Morgan fingerprint density at radius 2 is 2.13 bits per heavy atom. The topological polar surface area (TPSA) is 54.9 Å². The maximum atomic E-state index is 13.3. The van der Waals surface area contributed by atoms with Crippen LogP contribution in [-0.2, 0) is 17.7 Å². The first kappa shape index (κ1) is 22.1. The molecular weight excluding hydrogens is 381 g/mol. The van der Waals surface area contributed by atoms with Crippen molar-refractivity contribution in [1.82, 2.24) is 10.6 Å². The third kappa shape index (κ3) is 7.02. The average molecular weight is 414 g/mol. The summed E-state index contributed by atoms with van der Waals surface area (Å²) in [4.78, 5) is 4.30. The highest BCUT2D eigenvalue weighted by Gasteiger charge is 2.17. The van der Waals surface area contributed by atoms with Crippen LogP contribution in [0.4, 0.5) is 4.39 Å². The van der Waals surface area contributed by atoms with Crippen molar-refractivity contribution in [1.29, 1.82) is 0 Å². The number of benzene rings is 2. The van der Waals surface area contributed by atoms with Gasteiger partial charge in [-0.2, -0.15) is 0 Å². The third-order valence-corrected chi connectivity index (χ3v) is 5.21. The monoisotopic (exact) mass is 413 g/mol. The first-order chi connectivity index (χ1) is 14.6. The Kier molecular flexibility index (Phi) is 8.51. The Morgan fingerprint density at radius 3 is 2.90 bits per heavy atom. The Bertz CT molecular complexity index is 835. The van der Waals surface area contributed by atoms with E-state index in [1.807, 2.05) is 6.07 Å². The molecule has 0 saturated carbocycles. The Morgan fingerprint density at radius 1 is 1.23 bits per heavy atom. The van der Waals surface area contributed by atoms with Crippen LogP contribution in [-0.4, -0.2) is 39.4 Å². The highest BCUT2D eigenvalue weighted by atomic mass is 19.1. The van der Waals surface area contributed by atoms with Gasteiger partial charge in [-0.25, -0.2) is 4.39 Å². The van der Waals surface area contributed by atoms with Gasteiger partial charge in [0, 0.05) is 38.2 Å². The van der Waals surface area contributed by atoms with Crippen molar-refractivity contribution in [2.75, 3.05) is 33.4 Å². The molecule has 162 valence electrons. The van der Waals surface area contributed by atoms with Gasteiger partial charge in [0.1, 0.15) is 11.6 Å². The van der Waals surface area contributed by atoms with Crippen molar-refractivity contribution in [3.05, 3.63) is 65.0 Å². The second kappa shape index (κ2) is 11.6. The van der Waals surface area contributed by atoms with Crippen LogP contribution in [0.5, 0.6) is 5.75 Å². The summed E-state index contributed by atoms with van der Waals surface area (Å²) < 4.78 is 24.8. The number of nitrogens with one attached hydrogen (secondary N) is 2. The zero-order valence-electron chi connectivity index (χ0n) is 17.9. The van der Waals surface area contributed by atoms with Crippen LogP contribution < -0.4 is 15.4 Å². The summed E-state index contributed by atoms with van der Waals surface area (Å²) in [7, 11) is 1.76. The molecule has 0 aromatic heterocycles. The number of aliphatic imine (C=N–C) groups is 1. The molecule has 1 atom stereocenters. The molecule has 0 radical (unpaired) electrons. The van der Waals surface area contributed by atoms with Crippen LogP contribution in [0.15, 0.2) is 47.5 Å². The minimum atomic E-state index is -0.186. The molecule has 1 aliphatic rings. The lowest BCUT2D eigenvalue weighted by molar-refractivity contribution is 0.166. The number of halogens is 1. The molecule has 30 heavy (non-hydrogen) atoms. The van der Waals surface area contributed by atoms with Gasteiger partial charge in [0.25, 0.3) is 0 Å². The molecule has 2 aromatic rings. The van der Waals surface area contributed by atoms with E-state index >= 15 is 0 Å². The van der Waals surface area contributed by atoms with E-state index in [1.165, 1.54) is 11.6 Å². The van der Waals surface area contributed by atoms with Gasteiger partial charge in [0.05, 0.1) is 13.2 Å². The Balaban J connectivity index is 1.45. The second-order valence-corrected chi connectivity index (χ2v) is 7.74. The lowest BCUT2D eigenvalue weighted by Crippen LogP contribution is -2.37. The lowest BCUT2D eigenvalue weighted by Gasteiger charge is -2.17. The summed E-state index contributed by atoms with van der Waals surface area (Å²) in [5.41, 5.74) is 3.28. The molecule has 2 aromatic carbocycles. The molecule has 3 rings (SSSR count). The predicted octanol–water partition coefficient (Wildman–Crippen LogP) is 3.85. The SMILES string of the molecule is CN=C(NCCCc1cccc(F)c1)NCc1ccc(C)cc1OCC1CCOC1. The van der Waals surface area contributed by atoms with Crippen molar-refractivity contribution in [3.8, 4) is 5.75 Å². The number of guanidine groups is 1. The number of hydrogen-bond acceptors (Lipinski definition) is 3. The van der Waals surface area contributed by atoms with E-state index in [1.54, 1.807) is 19.2 Å². The summed E-state index contributed by atoms with van der Waals surface area (Å²) in [6, 6.07) is 13.0. The standard InChI is InChI=1S/C24H32FN3O2/c1-18-8-9-21(23(13-18)30-17-20-10-12-29-16-20)15-28-24(26-2)27-11-4-6-19-5-3-7-22(25)14-19/h3,5,7-9,13-14,20H,4,6,10-12,15-17H2,1-2H3,(H2,26,27,28). The number of nitrogens with zero attached hydrogens (tertiary/aromatic N) is 1.